The van der Waals surface area contributed by atoms with Gasteiger partial charge in [-0.15, -0.1) is 5.10 Å². The molecule has 2 aromatic heterocycles. The van der Waals surface area contributed by atoms with Crippen LogP contribution in [0.3, 0.4) is 0 Å². The maximum absolute atomic E-state index is 13.4. The lowest BCUT2D eigenvalue weighted by Crippen LogP contribution is -2.38. The Bertz CT molecular complexity index is 1330. The van der Waals surface area contributed by atoms with Gasteiger partial charge in [-0.2, -0.15) is 0 Å². The van der Waals surface area contributed by atoms with E-state index in [1.165, 1.54) is 6.42 Å². The number of methoxy groups -OCH3 is 2. The predicted molar refractivity (Wildman–Crippen MR) is 128 cm³/mol. The summed E-state index contributed by atoms with van der Waals surface area (Å²) in [6.07, 6.45) is 3.34. The van der Waals surface area contributed by atoms with E-state index in [2.05, 4.69) is 25.4 Å². The predicted octanol–water partition coefficient (Wildman–Crippen LogP) is 3.16. The maximum atomic E-state index is 13.4. The number of piperidine rings is 1. The zero-order chi connectivity index (χ0) is 23.5. The van der Waals surface area contributed by atoms with Crippen molar-refractivity contribution in [3.05, 3.63) is 75.8 Å². The topological polar surface area (TPSA) is 98.2 Å². The summed E-state index contributed by atoms with van der Waals surface area (Å²) in [7, 11) is 3.18. The summed E-state index contributed by atoms with van der Waals surface area (Å²) < 4.78 is 12.7. The SMILES string of the molecule is COc1cc2cc([C@@H](c3nnnn3Cc3ccccc3)N3CCCCC3)c(=O)[nH]c2cc1OC. The molecule has 0 aliphatic carbocycles. The highest BCUT2D eigenvalue weighted by atomic mass is 16.5. The van der Waals surface area contributed by atoms with Crippen molar-refractivity contribution in [3.63, 3.8) is 0 Å². The monoisotopic (exact) mass is 460 g/mol. The average Bonchev–Trinajstić information content (AvgIpc) is 3.32. The molecule has 176 valence electrons. The van der Waals surface area contributed by atoms with Gasteiger partial charge in [-0.3, -0.25) is 9.69 Å². The molecule has 1 saturated heterocycles. The zero-order valence-electron chi connectivity index (χ0n) is 19.4. The first-order valence-electron chi connectivity index (χ1n) is 11.5. The molecule has 0 amide bonds. The van der Waals surface area contributed by atoms with Gasteiger partial charge in [0.1, 0.15) is 6.04 Å². The lowest BCUT2D eigenvalue weighted by atomic mass is 10.00. The molecule has 34 heavy (non-hydrogen) atoms. The van der Waals surface area contributed by atoms with Crippen molar-refractivity contribution in [2.45, 2.75) is 31.8 Å². The van der Waals surface area contributed by atoms with Gasteiger partial charge in [-0.25, -0.2) is 4.68 Å². The van der Waals surface area contributed by atoms with Gasteiger partial charge < -0.3 is 14.5 Å². The molecule has 4 aromatic rings. The molecule has 1 aliphatic rings. The molecule has 5 rings (SSSR count). The molecule has 0 radical (unpaired) electrons. The van der Waals surface area contributed by atoms with E-state index < -0.39 is 0 Å². The van der Waals surface area contributed by atoms with Gasteiger partial charge in [0.25, 0.3) is 5.56 Å². The summed E-state index contributed by atoms with van der Waals surface area (Å²) in [6.45, 7) is 2.29. The minimum absolute atomic E-state index is 0.162. The summed E-state index contributed by atoms with van der Waals surface area (Å²) in [5.41, 5.74) is 2.24. The molecule has 2 aromatic carbocycles. The first kappa shape index (κ1) is 22.1. The van der Waals surface area contributed by atoms with Crippen LogP contribution in [0.2, 0.25) is 0 Å². The van der Waals surface area contributed by atoms with Crippen LogP contribution in [0.4, 0.5) is 0 Å². The van der Waals surface area contributed by atoms with Crippen LogP contribution in [0.25, 0.3) is 10.9 Å². The van der Waals surface area contributed by atoms with Crippen molar-refractivity contribution in [2.75, 3.05) is 27.3 Å². The number of likely N-dealkylation sites (tertiary alicyclic amines) is 1. The number of fused-ring (bicyclic) bond motifs is 1. The normalized spacial score (nSPS) is 15.4. The van der Waals surface area contributed by atoms with E-state index in [-0.39, 0.29) is 11.6 Å². The van der Waals surface area contributed by atoms with Gasteiger partial charge >= 0.3 is 0 Å². The molecule has 0 spiro atoms. The van der Waals surface area contributed by atoms with Crippen LogP contribution in [0, 0.1) is 0 Å². The summed E-state index contributed by atoms with van der Waals surface area (Å²) in [5, 5.41) is 13.5. The van der Waals surface area contributed by atoms with Crippen LogP contribution in [0.15, 0.2) is 53.3 Å². The third-order valence-electron chi connectivity index (χ3n) is 6.41. The Balaban J connectivity index is 1.63. The Morgan fingerprint density at radius 2 is 1.74 bits per heavy atom. The van der Waals surface area contributed by atoms with E-state index in [9.17, 15) is 4.79 Å². The molecule has 1 aliphatic heterocycles. The number of pyridine rings is 1. The Kier molecular flexibility index (Phi) is 6.27. The molecule has 1 fully saturated rings. The molecule has 0 unspecified atom stereocenters. The molecule has 1 N–H and O–H groups in total. The van der Waals surface area contributed by atoms with E-state index in [0.717, 1.165) is 36.9 Å². The lowest BCUT2D eigenvalue weighted by Gasteiger charge is -2.33. The number of aromatic amines is 1. The molecular formula is C25H28N6O3. The van der Waals surface area contributed by atoms with E-state index in [1.807, 2.05) is 42.5 Å². The van der Waals surface area contributed by atoms with Crippen molar-refractivity contribution < 1.29 is 9.47 Å². The molecule has 9 heteroatoms. The highest BCUT2D eigenvalue weighted by molar-refractivity contribution is 5.83. The van der Waals surface area contributed by atoms with E-state index in [1.54, 1.807) is 25.0 Å². The molecule has 3 heterocycles. The number of ether oxygens (including phenoxy) is 2. The standard InChI is InChI=1S/C25H28N6O3/c1-33-21-14-18-13-19(25(32)26-20(18)15-22(21)34-2)23(30-11-7-4-8-12-30)24-27-28-29-31(24)16-17-9-5-3-6-10-17/h3,5-6,9-10,13-15,23H,4,7-8,11-12,16H2,1-2H3,(H,26,32)/t23-/m0/s1. The molecule has 1 atom stereocenters. The number of nitrogens with one attached hydrogen (secondary N) is 1. The fraction of sp³-hybridized carbons (Fsp3) is 0.360. The second-order valence-corrected chi connectivity index (χ2v) is 8.53. The number of tetrazole rings is 1. The Morgan fingerprint density at radius 3 is 2.47 bits per heavy atom. The number of H-pyrrole nitrogens is 1. The second-order valence-electron chi connectivity index (χ2n) is 8.53. The lowest BCUT2D eigenvalue weighted by molar-refractivity contribution is 0.177. The van der Waals surface area contributed by atoms with Gasteiger partial charge in [0.05, 0.1) is 26.3 Å². The van der Waals surface area contributed by atoms with Crippen molar-refractivity contribution >= 4 is 10.9 Å². The van der Waals surface area contributed by atoms with E-state index in [0.29, 0.717) is 34.9 Å². The van der Waals surface area contributed by atoms with Crippen LogP contribution < -0.4 is 15.0 Å². The van der Waals surface area contributed by atoms with Gasteiger partial charge in [0, 0.05) is 17.0 Å². The third kappa shape index (κ3) is 4.26. The largest absolute Gasteiger partial charge is 0.493 e. The fourth-order valence-electron chi connectivity index (χ4n) is 4.71. The van der Waals surface area contributed by atoms with Gasteiger partial charge in [0.2, 0.25) is 0 Å². The Labute approximate surface area is 197 Å². The van der Waals surface area contributed by atoms with Crippen molar-refractivity contribution in [2.24, 2.45) is 0 Å². The highest BCUT2D eigenvalue weighted by Crippen LogP contribution is 2.34. The summed E-state index contributed by atoms with van der Waals surface area (Å²) in [5.74, 6) is 1.84. The first-order chi connectivity index (χ1) is 16.7. The molecule has 0 saturated carbocycles. The minimum Gasteiger partial charge on any atom is -0.493 e. The zero-order valence-corrected chi connectivity index (χ0v) is 19.4. The molecular weight excluding hydrogens is 432 g/mol. The highest BCUT2D eigenvalue weighted by Gasteiger charge is 2.31. The number of aromatic nitrogens is 5. The molecule has 0 bridgehead atoms. The van der Waals surface area contributed by atoms with Crippen molar-refractivity contribution in [1.29, 1.82) is 0 Å². The van der Waals surface area contributed by atoms with Crippen molar-refractivity contribution in [1.82, 2.24) is 30.1 Å². The van der Waals surface area contributed by atoms with Crippen LogP contribution in [-0.4, -0.2) is 57.4 Å². The van der Waals surface area contributed by atoms with Gasteiger partial charge in [0.15, 0.2) is 17.3 Å². The minimum atomic E-state index is -0.361. The smallest absolute Gasteiger partial charge is 0.253 e. The van der Waals surface area contributed by atoms with Crippen LogP contribution in [-0.2, 0) is 6.54 Å². The van der Waals surface area contributed by atoms with Gasteiger partial charge in [-0.05, 0) is 54.1 Å². The fourth-order valence-corrected chi connectivity index (χ4v) is 4.71. The van der Waals surface area contributed by atoms with Gasteiger partial charge in [-0.1, -0.05) is 36.8 Å². The van der Waals surface area contributed by atoms with Crippen LogP contribution in [0.1, 0.15) is 42.3 Å². The van der Waals surface area contributed by atoms with Crippen molar-refractivity contribution in [3.8, 4) is 11.5 Å². The number of nitrogens with zero attached hydrogens (tertiary/aromatic N) is 5. The number of benzene rings is 2. The van der Waals surface area contributed by atoms with Crippen LogP contribution in [0.5, 0.6) is 11.5 Å². The average molecular weight is 461 g/mol. The quantitative estimate of drug-likeness (QED) is 0.452. The Hall–Kier alpha value is -3.72. The number of hydrogen-bond donors (Lipinski definition) is 1. The first-order valence-corrected chi connectivity index (χ1v) is 11.5. The number of hydrogen-bond acceptors (Lipinski definition) is 7. The van der Waals surface area contributed by atoms with Crippen LogP contribution >= 0.6 is 0 Å². The summed E-state index contributed by atoms with van der Waals surface area (Å²) in [4.78, 5) is 18.8. The Morgan fingerprint density at radius 1 is 1.00 bits per heavy atom. The summed E-state index contributed by atoms with van der Waals surface area (Å²) in [6, 6.07) is 15.3. The third-order valence-corrected chi connectivity index (χ3v) is 6.41. The van der Waals surface area contributed by atoms with E-state index >= 15 is 0 Å². The molecule has 9 nitrogen and oxygen atoms in total. The maximum Gasteiger partial charge on any atom is 0.253 e. The number of rotatable bonds is 7. The second kappa shape index (κ2) is 9.64. The summed E-state index contributed by atoms with van der Waals surface area (Å²) >= 11 is 0. The van der Waals surface area contributed by atoms with E-state index in [4.69, 9.17) is 9.47 Å².